The summed E-state index contributed by atoms with van der Waals surface area (Å²) in [5, 5.41) is 10.6. The molecule has 0 saturated carbocycles. The van der Waals surface area contributed by atoms with Crippen LogP contribution in [0, 0.1) is 6.92 Å². The monoisotopic (exact) mass is 234 g/mol. The van der Waals surface area contributed by atoms with Gasteiger partial charge in [0.05, 0.1) is 6.61 Å². The number of rotatable bonds is 3. The Labute approximate surface area is 98.8 Å². The summed E-state index contributed by atoms with van der Waals surface area (Å²) in [5.41, 5.74) is 1.25. The molecule has 0 aliphatic rings. The number of carbonyl (C=O) groups excluding carboxylic acids is 1. The van der Waals surface area contributed by atoms with Gasteiger partial charge in [-0.05, 0) is 37.6 Å². The Morgan fingerprint density at radius 1 is 1.47 bits per heavy atom. The van der Waals surface area contributed by atoms with Crippen LogP contribution >= 0.6 is 0 Å². The van der Waals surface area contributed by atoms with Crippen molar-refractivity contribution in [1.82, 2.24) is 0 Å². The normalized spacial score (nSPS) is 12.6. The van der Waals surface area contributed by atoms with Crippen LogP contribution in [-0.4, -0.2) is 17.7 Å². The number of aryl methyl sites for hydroxylation is 1. The molecule has 1 aromatic heterocycles. The van der Waals surface area contributed by atoms with Crippen LogP contribution in [-0.2, 0) is 9.53 Å². The SMILES string of the molecule is CCOC(=O)C(O)c1ccc2oc(C)cc2c1. The number of aliphatic hydroxyl groups excluding tert-OH is 1. The predicted molar refractivity (Wildman–Crippen MR) is 62.5 cm³/mol. The molecule has 90 valence electrons. The van der Waals surface area contributed by atoms with Crippen molar-refractivity contribution in [3.05, 3.63) is 35.6 Å². The summed E-state index contributed by atoms with van der Waals surface area (Å²) >= 11 is 0. The fourth-order valence-corrected chi connectivity index (χ4v) is 1.72. The number of hydrogen-bond acceptors (Lipinski definition) is 4. The lowest BCUT2D eigenvalue weighted by molar-refractivity contribution is -0.153. The van der Waals surface area contributed by atoms with E-state index in [1.54, 1.807) is 25.1 Å². The van der Waals surface area contributed by atoms with Gasteiger partial charge < -0.3 is 14.3 Å². The molecule has 1 N–H and O–H groups in total. The molecule has 1 unspecified atom stereocenters. The van der Waals surface area contributed by atoms with Gasteiger partial charge in [0.2, 0.25) is 0 Å². The highest BCUT2D eigenvalue weighted by Crippen LogP contribution is 2.23. The van der Waals surface area contributed by atoms with E-state index < -0.39 is 12.1 Å². The molecule has 0 amide bonds. The van der Waals surface area contributed by atoms with Gasteiger partial charge in [-0.2, -0.15) is 0 Å². The molecule has 17 heavy (non-hydrogen) atoms. The first-order valence-electron chi connectivity index (χ1n) is 5.46. The Kier molecular flexibility index (Phi) is 3.15. The number of hydrogen-bond donors (Lipinski definition) is 1. The second-order valence-electron chi connectivity index (χ2n) is 3.81. The highest BCUT2D eigenvalue weighted by molar-refractivity contribution is 5.82. The summed E-state index contributed by atoms with van der Waals surface area (Å²) in [6.45, 7) is 3.80. The third kappa shape index (κ3) is 2.31. The van der Waals surface area contributed by atoms with Crippen molar-refractivity contribution >= 4 is 16.9 Å². The summed E-state index contributed by atoms with van der Waals surface area (Å²) in [5.74, 6) is 0.162. The predicted octanol–water partition coefficient (Wildman–Crippen LogP) is 2.34. The highest BCUT2D eigenvalue weighted by atomic mass is 16.5. The number of aliphatic hydroxyl groups is 1. The average molecular weight is 234 g/mol. The maximum absolute atomic E-state index is 11.4. The van der Waals surface area contributed by atoms with Crippen LogP contribution in [0.4, 0.5) is 0 Å². The van der Waals surface area contributed by atoms with Crippen LogP contribution < -0.4 is 0 Å². The lowest BCUT2D eigenvalue weighted by Crippen LogP contribution is -2.15. The molecule has 4 nitrogen and oxygen atoms in total. The number of benzene rings is 1. The second kappa shape index (κ2) is 4.59. The molecule has 0 aliphatic carbocycles. The van der Waals surface area contributed by atoms with Gasteiger partial charge in [0.1, 0.15) is 11.3 Å². The van der Waals surface area contributed by atoms with Crippen molar-refractivity contribution < 1.29 is 19.1 Å². The van der Waals surface area contributed by atoms with Crippen molar-refractivity contribution in [3.8, 4) is 0 Å². The first-order chi connectivity index (χ1) is 8.11. The van der Waals surface area contributed by atoms with E-state index in [0.29, 0.717) is 5.56 Å². The van der Waals surface area contributed by atoms with Crippen LogP contribution in [0.1, 0.15) is 24.4 Å². The van der Waals surface area contributed by atoms with Gasteiger partial charge in [0, 0.05) is 5.39 Å². The van der Waals surface area contributed by atoms with Gasteiger partial charge in [0.15, 0.2) is 6.10 Å². The Hall–Kier alpha value is -1.81. The van der Waals surface area contributed by atoms with Crippen LogP contribution in [0.5, 0.6) is 0 Å². The summed E-state index contributed by atoms with van der Waals surface area (Å²) in [6.07, 6.45) is -1.24. The molecule has 0 spiro atoms. The van der Waals surface area contributed by atoms with Crippen LogP contribution in [0.3, 0.4) is 0 Å². The summed E-state index contributed by atoms with van der Waals surface area (Å²) in [7, 11) is 0. The van der Waals surface area contributed by atoms with Crippen LogP contribution in [0.2, 0.25) is 0 Å². The third-order valence-electron chi connectivity index (χ3n) is 2.49. The van der Waals surface area contributed by atoms with Crippen molar-refractivity contribution in [2.45, 2.75) is 20.0 Å². The van der Waals surface area contributed by atoms with Crippen molar-refractivity contribution in [3.63, 3.8) is 0 Å². The number of esters is 1. The summed E-state index contributed by atoms with van der Waals surface area (Å²) in [4.78, 5) is 11.4. The summed E-state index contributed by atoms with van der Waals surface area (Å²) < 4.78 is 10.2. The van der Waals surface area contributed by atoms with Gasteiger partial charge in [-0.3, -0.25) is 0 Å². The number of furan rings is 1. The van der Waals surface area contributed by atoms with E-state index in [1.807, 2.05) is 13.0 Å². The molecular weight excluding hydrogens is 220 g/mol. The van der Waals surface area contributed by atoms with E-state index in [2.05, 4.69) is 0 Å². The van der Waals surface area contributed by atoms with Gasteiger partial charge in [-0.25, -0.2) is 4.79 Å². The maximum Gasteiger partial charge on any atom is 0.339 e. The zero-order chi connectivity index (χ0) is 12.4. The van der Waals surface area contributed by atoms with Gasteiger partial charge >= 0.3 is 5.97 Å². The summed E-state index contributed by atoms with van der Waals surface area (Å²) in [6, 6.07) is 6.98. The lowest BCUT2D eigenvalue weighted by Gasteiger charge is -2.09. The minimum atomic E-state index is -1.24. The Morgan fingerprint density at radius 2 is 2.24 bits per heavy atom. The molecule has 2 aromatic rings. The molecule has 0 radical (unpaired) electrons. The zero-order valence-corrected chi connectivity index (χ0v) is 9.77. The smallest absolute Gasteiger partial charge is 0.339 e. The highest BCUT2D eigenvalue weighted by Gasteiger charge is 2.19. The molecule has 0 saturated heterocycles. The largest absolute Gasteiger partial charge is 0.464 e. The van der Waals surface area contributed by atoms with Crippen molar-refractivity contribution in [1.29, 1.82) is 0 Å². The fraction of sp³-hybridized carbons (Fsp3) is 0.308. The Balaban J connectivity index is 2.32. The van der Waals surface area contributed by atoms with Crippen LogP contribution in [0.15, 0.2) is 28.7 Å². The van der Waals surface area contributed by atoms with Crippen LogP contribution in [0.25, 0.3) is 11.0 Å². The minimum Gasteiger partial charge on any atom is -0.464 e. The topological polar surface area (TPSA) is 59.7 Å². The average Bonchev–Trinajstić information content (AvgIpc) is 2.67. The third-order valence-corrected chi connectivity index (χ3v) is 2.49. The van der Waals surface area contributed by atoms with E-state index in [4.69, 9.17) is 9.15 Å². The van der Waals surface area contributed by atoms with Crippen molar-refractivity contribution in [2.75, 3.05) is 6.61 Å². The van der Waals surface area contributed by atoms with Gasteiger partial charge in [-0.15, -0.1) is 0 Å². The number of fused-ring (bicyclic) bond motifs is 1. The molecular formula is C13H14O4. The first-order valence-corrected chi connectivity index (χ1v) is 5.46. The number of ether oxygens (including phenoxy) is 1. The molecule has 1 heterocycles. The molecule has 0 aliphatic heterocycles. The van der Waals surface area contributed by atoms with E-state index in [-0.39, 0.29) is 6.61 Å². The number of carbonyl (C=O) groups is 1. The van der Waals surface area contributed by atoms with E-state index in [9.17, 15) is 9.90 Å². The standard InChI is InChI=1S/C13H14O4/c1-3-16-13(15)12(14)9-4-5-11-10(7-9)6-8(2)17-11/h4-7,12,14H,3H2,1-2H3. The molecule has 0 bridgehead atoms. The first kappa shape index (κ1) is 11.7. The van der Waals surface area contributed by atoms with Crippen molar-refractivity contribution in [2.24, 2.45) is 0 Å². The minimum absolute atomic E-state index is 0.253. The quantitative estimate of drug-likeness (QED) is 0.828. The molecule has 1 aromatic carbocycles. The molecule has 1 atom stereocenters. The molecule has 4 heteroatoms. The van der Waals surface area contributed by atoms with Gasteiger partial charge in [-0.1, -0.05) is 6.07 Å². The Bertz CT molecular complexity index is 541. The lowest BCUT2D eigenvalue weighted by atomic mass is 10.1. The second-order valence-corrected chi connectivity index (χ2v) is 3.81. The molecule has 2 rings (SSSR count). The molecule has 0 fully saturated rings. The maximum atomic E-state index is 11.4. The van der Waals surface area contributed by atoms with E-state index >= 15 is 0 Å². The van der Waals surface area contributed by atoms with Gasteiger partial charge in [0.25, 0.3) is 0 Å². The fourth-order valence-electron chi connectivity index (χ4n) is 1.72. The van der Waals surface area contributed by atoms with E-state index in [0.717, 1.165) is 16.7 Å². The zero-order valence-electron chi connectivity index (χ0n) is 9.77. The Morgan fingerprint density at radius 3 is 2.94 bits per heavy atom. The van der Waals surface area contributed by atoms with E-state index in [1.165, 1.54) is 0 Å².